The van der Waals surface area contributed by atoms with Crippen molar-refractivity contribution in [2.24, 2.45) is 29.1 Å². The molecule has 2 fully saturated rings. The van der Waals surface area contributed by atoms with Crippen molar-refractivity contribution in [1.82, 2.24) is 0 Å². The molecule has 4 aliphatic carbocycles. The molecule has 27 heavy (non-hydrogen) atoms. The second-order valence-corrected chi connectivity index (χ2v) is 9.02. The molecule has 0 bridgehead atoms. The molecule has 0 N–H and O–H groups in total. The van der Waals surface area contributed by atoms with E-state index in [9.17, 15) is 9.59 Å². The van der Waals surface area contributed by atoms with Gasteiger partial charge in [-0.3, -0.25) is 9.59 Å². The van der Waals surface area contributed by atoms with Crippen molar-refractivity contribution in [2.45, 2.75) is 78.2 Å². The Morgan fingerprint density at radius 2 is 1.93 bits per heavy atom. The highest BCUT2D eigenvalue weighted by Crippen LogP contribution is 2.63. The lowest BCUT2D eigenvalue weighted by molar-refractivity contribution is -0.157. The summed E-state index contributed by atoms with van der Waals surface area (Å²) in [4.78, 5) is 22.9. The van der Waals surface area contributed by atoms with Crippen LogP contribution in [0.4, 0.5) is 0 Å². The molecule has 4 aliphatic rings. The third kappa shape index (κ3) is 3.15. The Balaban J connectivity index is 1.57. The Hall–Kier alpha value is -1.58. The van der Waals surface area contributed by atoms with Crippen molar-refractivity contribution < 1.29 is 19.1 Å². The van der Waals surface area contributed by atoms with Crippen LogP contribution in [0.2, 0.25) is 0 Å². The number of hydrogen-bond acceptors (Lipinski definition) is 4. The van der Waals surface area contributed by atoms with Crippen molar-refractivity contribution in [2.75, 3.05) is 0 Å². The smallest absolute Gasteiger partial charge is 0.307 e. The minimum absolute atomic E-state index is 0.109. The lowest BCUT2D eigenvalue weighted by Gasteiger charge is -2.53. The highest BCUT2D eigenvalue weighted by molar-refractivity contribution is 5.67. The molecule has 0 heterocycles. The largest absolute Gasteiger partial charge is 0.462 e. The first-order valence-electron chi connectivity index (χ1n) is 10.7. The molecule has 4 nitrogen and oxygen atoms in total. The molecular formula is C23H32O4. The van der Waals surface area contributed by atoms with Gasteiger partial charge in [0.2, 0.25) is 0 Å². The first-order chi connectivity index (χ1) is 12.9. The number of allylic oxidation sites excluding steroid dienone is 4. The SMILES string of the molecule is CCC12CC[C@H]3[C@@H](CC=C4C=C(OC(C)=O)CC[C@@H]43)[C@@H]1CCC2OC(C)=O. The maximum absolute atomic E-state index is 11.6. The second-order valence-electron chi connectivity index (χ2n) is 9.02. The summed E-state index contributed by atoms with van der Waals surface area (Å²) < 4.78 is 11.2. The fourth-order valence-corrected chi connectivity index (χ4v) is 7.00. The molecule has 0 aliphatic heterocycles. The van der Waals surface area contributed by atoms with Crippen LogP contribution < -0.4 is 0 Å². The van der Waals surface area contributed by atoms with E-state index in [0.717, 1.165) is 43.8 Å². The van der Waals surface area contributed by atoms with Crippen LogP contribution in [-0.4, -0.2) is 18.0 Å². The highest BCUT2D eigenvalue weighted by atomic mass is 16.5. The minimum Gasteiger partial charge on any atom is -0.462 e. The normalized spacial score (nSPS) is 40.0. The predicted octanol–water partition coefficient (Wildman–Crippen LogP) is 4.94. The van der Waals surface area contributed by atoms with Crippen molar-refractivity contribution >= 4 is 11.9 Å². The second kappa shape index (κ2) is 7.10. The number of carbonyl (C=O) groups is 2. The fraction of sp³-hybridized carbons (Fsp3) is 0.739. The number of esters is 2. The van der Waals surface area contributed by atoms with Gasteiger partial charge in [-0.05, 0) is 80.3 Å². The molecule has 0 radical (unpaired) electrons. The molecule has 0 aromatic carbocycles. The van der Waals surface area contributed by atoms with Gasteiger partial charge in [0.1, 0.15) is 11.9 Å². The van der Waals surface area contributed by atoms with E-state index in [0.29, 0.717) is 17.8 Å². The monoisotopic (exact) mass is 372 g/mol. The Kier molecular flexibility index (Phi) is 4.94. The summed E-state index contributed by atoms with van der Waals surface area (Å²) in [5.41, 5.74) is 1.57. The minimum atomic E-state index is -0.221. The van der Waals surface area contributed by atoms with Crippen LogP contribution in [0.15, 0.2) is 23.5 Å². The van der Waals surface area contributed by atoms with Crippen molar-refractivity contribution in [1.29, 1.82) is 0 Å². The predicted molar refractivity (Wildman–Crippen MR) is 102 cm³/mol. The molecule has 4 heteroatoms. The average molecular weight is 373 g/mol. The average Bonchev–Trinajstić information content (AvgIpc) is 2.99. The molecule has 4 rings (SSSR count). The van der Waals surface area contributed by atoms with Crippen molar-refractivity contribution in [3.05, 3.63) is 23.5 Å². The zero-order valence-corrected chi connectivity index (χ0v) is 16.8. The summed E-state index contributed by atoms with van der Waals surface area (Å²) >= 11 is 0. The molecule has 0 aromatic rings. The van der Waals surface area contributed by atoms with Crippen LogP contribution in [0.25, 0.3) is 0 Å². The third-order valence-electron chi connectivity index (χ3n) is 7.97. The molecule has 0 aromatic heterocycles. The van der Waals surface area contributed by atoms with E-state index < -0.39 is 0 Å². The van der Waals surface area contributed by atoms with Gasteiger partial charge in [-0.25, -0.2) is 0 Å². The maximum Gasteiger partial charge on any atom is 0.307 e. The van der Waals surface area contributed by atoms with Crippen molar-refractivity contribution in [3.63, 3.8) is 0 Å². The number of hydrogen-bond donors (Lipinski definition) is 0. The number of ether oxygens (including phenoxy) is 2. The highest BCUT2D eigenvalue weighted by Gasteiger charge is 2.58. The zero-order valence-electron chi connectivity index (χ0n) is 16.8. The molecule has 6 atom stereocenters. The van der Waals surface area contributed by atoms with Gasteiger partial charge in [0.15, 0.2) is 0 Å². The van der Waals surface area contributed by atoms with Crippen LogP contribution in [0.5, 0.6) is 0 Å². The Morgan fingerprint density at radius 1 is 1.11 bits per heavy atom. The summed E-state index contributed by atoms with van der Waals surface area (Å²) in [6.07, 6.45) is 13.4. The summed E-state index contributed by atoms with van der Waals surface area (Å²) in [5, 5.41) is 0. The number of rotatable bonds is 3. The Bertz CT molecular complexity index is 690. The Labute approximate surface area is 162 Å². The standard InChI is InChI=1S/C23H32O4/c1-4-23-12-11-19-18-8-6-17(26-14(2)24)13-16(18)5-7-20(19)21(23)9-10-22(23)27-15(3)25/h5,13,18-22H,4,6-12H2,1-3H3/t18-,19+,20+,21-,22?,23?/m0/s1. The third-order valence-corrected chi connectivity index (χ3v) is 7.97. The van der Waals surface area contributed by atoms with E-state index in [-0.39, 0.29) is 23.5 Å². The summed E-state index contributed by atoms with van der Waals surface area (Å²) in [5.74, 6) is 3.18. The van der Waals surface area contributed by atoms with Gasteiger partial charge < -0.3 is 9.47 Å². The van der Waals surface area contributed by atoms with Gasteiger partial charge in [-0.1, -0.05) is 13.0 Å². The van der Waals surface area contributed by atoms with E-state index in [1.165, 1.54) is 31.8 Å². The van der Waals surface area contributed by atoms with E-state index >= 15 is 0 Å². The van der Waals surface area contributed by atoms with Gasteiger partial charge in [0.25, 0.3) is 0 Å². The molecule has 2 saturated carbocycles. The summed E-state index contributed by atoms with van der Waals surface area (Å²) in [6.45, 7) is 5.31. The number of fused-ring (bicyclic) bond motifs is 5. The lowest BCUT2D eigenvalue weighted by Crippen LogP contribution is -2.48. The topological polar surface area (TPSA) is 52.6 Å². The van der Waals surface area contributed by atoms with Gasteiger partial charge in [-0.15, -0.1) is 0 Å². The van der Waals surface area contributed by atoms with Crippen molar-refractivity contribution in [3.8, 4) is 0 Å². The summed E-state index contributed by atoms with van der Waals surface area (Å²) in [7, 11) is 0. The van der Waals surface area contributed by atoms with E-state index in [4.69, 9.17) is 9.47 Å². The van der Waals surface area contributed by atoms with Crippen LogP contribution in [0, 0.1) is 29.1 Å². The number of carbonyl (C=O) groups excluding carboxylic acids is 2. The van der Waals surface area contributed by atoms with Crippen LogP contribution in [-0.2, 0) is 19.1 Å². The van der Waals surface area contributed by atoms with Crippen LogP contribution in [0.3, 0.4) is 0 Å². The Morgan fingerprint density at radius 3 is 2.63 bits per heavy atom. The fourth-order valence-electron chi connectivity index (χ4n) is 7.00. The zero-order chi connectivity index (χ0) is 19.2. The van der Waals surface area contributed by atoms with Gasteiger partial charge in [-0.2, -0.15) is 0 Å². The first-order valence-corrected chi connectivity index (χ1v) is 10.7. The molecule has 2 unspecified atom stereocenters. The lowest BCUT2D eigenvalue weighted by atomic mass is 9.52. The van der Waals surface area contributed by atoms with Gasteiger partial charge >= 0.3 is 11.9 Å². The molecule has 148 valence electrons. The van der Waals surface area contributed by atoms with E-state index in [1.807, 2.05) is 0 Å². The molecule has 0 spiro atoms. The molecule has 0 saturated heterocycles. The van der Waals surface area contributed by atoms with Crippen LogP contribution in [0.1, 0.15) is 72.1 Å². The van der Waals surface area contributed by atoms with Crippen LogP contribution >= 0.6 is 0 Å². The maximum atomic E-state index is 11.6. The molecular weight excluding hydrogens is 340 g/mol. The quantitative estimate of drug-likeness (QED) is 0.659. The molecule has 0 amide bonds. The first kappa shape index (κ1) is 18.8. The van der Waals surface area contributed by atoms with Gasteiger partial charge in [0.05, 0.1) is 0 Å². The van der Waals surface area contributed by atoms with E-state index in [2.05, 4.69) is 19.1 Å². The summed E-state index contributed by atoms with van der Waals surface area (Å²) in [6, 6.07) is 0. The van der Waals surface area contributed by atoms with E-state index in [1.54, 1.807) is 6.92 Å². The van der Waals surface area contributed by atoms with Gasteiger partial charge in [0, 0.05) is 25.7 Å².